The fraction of sp³-hybridized carbons (Fsp3) is 0.429. The van der Waals surface area contributed by atoms with E-state index in [-0.39, 0.29) is 0 Å². The minimum Gasteiger partial charge on any atom is -0.494 e. The van der Waals surface area contributed by atoms with Crippen molar-refractivity contribution >= 4 is 15.9 Å². The Morgan fingerprint density at radius 1 is 0.625 bits per heavy atom. The molecule has 0 amide bonds. The van der Waals surface area contributed by atoms with Gasteiger partial charge in [0.05, 0.1) is 6.61 Å². The van der Waals surface area contributed by atoms with Crippen molar-refractivity contribution in [3.8, 4) is 11.5 Å². The van der Waals surface area contributed by atoms with Crippen molar-refractivity contribution in [2.45, 2.75) is 45.1 Å². The predicted molar refractivity (Wildman–Crippen MR) is 104 cm³/mol. The molecule has 2 aromatic rings. The van der Waals surface area contributed by atoms with Gasteiger partial charge < -0.3 is 9.47 Å². The number of unbranched alkanes of at least 4 members (excludes halogenated alkanes) is 5. The average molecular weight is 391 g/mol. The molecular weight excluding hydrogens is 364 g/mol. The maximum atomic E-state index is 5.79. The van der Waals surface area contributed by atoms with Crippen LogP contribution in [0.1, 0.15) is 44.1 Å². The van der Waals surface area contributed by atoms with Gasteiger partial charge in [-0.2, -0.15) is 0 Å². The van der Waals surface area contributed by atoms with Gasteiger partial charge in [0.2, 0.25) is 0 Å². The zero-order valence-electron chi connectivity index (χ0n) is 14.3. The lowest BCUT2D eigenvalue weighted by Gasteiger charge is -2.09. The van der Waals surface area contributed by atoms with Gasteiger partial charge in [-0.25, -0.2) is 0 Å². The van der Waals surface area contributed by atoms with Crippen LogP contribution >= 0.6 is 15.9 Å². The van der Waals surface area contributed by atoms with Crippen LogP contribution in [0.5, 0.6) is 11.5 Å². The molecule has 0 fully saturated rings. The van der Waals surface area contributed by atoms with Gasteiger partial charge in [0.1, 0.15) is 18.1 Å². The molecule has 0 unspecified atom stereocenters. The van der Waals surface area contributed by atoms with Crippen molar-refractivity contribution in [2.75, 3.05) is 11.9 Å². The lowest BCUT2D eigenvalue weighted by atomic mass is 10.1. The molecule has 0 atom stereocenters. The summed E-state index contributed by atoms with van der Waals surface area (Å²) in [6.07, 6.45) is 7.63. The van der Waals surface area contributed by atoms with Gasteiger partial charge in [-0.3, -0.25) is 0 Å². The second kappa shape index (κ2) is 12.0. The van der Waals surface area contributed by atoms with Gasteiger partial charge in [0.15, 0.2) is 0 Å². The Hall–Kier alpha value is -1.48. The summed E-state index contributed by atoms with van der Waals surface area (Å²) in [5.41, 5.74) is 1.17. The Kier molecular flexibility index (Phi) is 9.40. The van der Waals surface area contributed by atoms with E-state index in [9.17, 15) is 0 Å². The first-order valence-corrected chi connectivity index (χ1v) is 9.96. The number of halogens is 1. The number of hydrogen-bond acceptors (Lipinski definition) is 2. The van der Waals surface area contributed by atoms with E-state index in [0.29, 0.717) is 6.61 Å². The molecule has 0 saturated heterocycles. The number of hydrogen-bond donors (Lipinski definition) is 0. The molecule has 0 spiro atoms. The largest absolute Gasteiger partial charge is 0.494 e. The van der Waals surface area contributed by atoms with E-state index in [0.717, 1.165) is 29.9 Å². The molecule has 0 N–H and O–H groups in total. The van der Waals surface area contributed by atoms with E-state index in [2.05, 4.69) is 28.1 Å². The van der Waals surface area contributed by atoms with Gasteiger partial charge in [-0.1, -0.05) is 71.9 Å². The van der Waals surface area contributed by atoms with Crippen molar-refractivity contribution in [3.63, 3.8) is 0 Å². The quantitative estimate of drug-likeness (QED) is 0.309. The number of rotatable bonds is 12. The molecular formula is C21H27BrO2. The third-order valence-electron chi connectivity index (χ3n) is 3.87. The Morgan fingerprint density at radius 2 is 1.21 bits per heavy atom. The average Bonchev–Trinajstić information content (AvgIpc) is 2.64. The molecule has 2 rings (SSSR count). The molecule has 0 bridgehead atoms. The molecule has 0 radical (unpaired) electrons. The van der Waals surface area contributed by atoms with E-state index in [1.807, 2.05) is 42.5 Å². The van der Waals surface area contributed by atoms with Gasteiger partial charge >= 0.3 is 0 Å². The maximum Gasteiger partial charge on any atom is 0.120 e. The standard InChI is InChI=1S/C21H27BrO2/c22-16-8-3-1-2-4-9-17-23-20-12-14-21(15-13-20)24-18-19-10-6-5-7-11-19/h5-7,10-15H,1-4,8-9,16-18H2. The lowest BCUT2D eigenvalue weighted by molar-refractivity contribution is 0.297. The highest BCUT2D eigenvalue weighted by Crippen LogP contribution is 2.19. The summed E-state index contributed by atoms with van der Waals surface area (Å²) in [7, 11) is 0. The SMILES string of the molecule is BrCCCCCCCCOc1ccc(OCc2ccccc2)cc1. The van der Waals surface area contributed by atoms with E-state index in [4.69, 9.17) is 9.47 Å². The molecule has 2 aromatic carbocycles. The van der Waals surface area contributed by atoms with E-state index in [1.54, 1.807) is 0 Å². The second-order valence-corrected chi connectivity index (χ2v) is 6.70. The highest BCUT2D eigenvalue weighted by atomic mass is 79.9. The molecule has 0 aliphatic heterocycles. The van der Waals surface area contributed by atoms with Crippen LogP contribution in [-0.2, 0) is 6.61 Å². The van der Waals surface area contributed by atoms with Gasteiger partial charge in [0.25, 0.3) is 0 Å². The highest BCUT2D eigenvalue weighted by Gasteiger charge is 1.98. The minimum atomic E-state index is 0.593. The van der Waals surface area contributed by atoms with E-state index in [1.165, 1.54) is 37.7 Å². The predicted octanol–water partition coefficient (Wildman–Crippen LogP) is 6.38. The summed E-state index contributed by atoms with van der Waals surface area (Å²) in [5.74, 6) is 1.79. The van der Waals surface area contributed by atoms with Crippen LogP contribution in [0, 0.1) is 0 Å². The summed E-state index contributed by atoms with van der Waals surface area (Å²) < 4.78 is 11.6. The van der Waals surface area contributed by atoms with Crippen LogP contribution in [0.2, 0.25) is 0 Å². The van der Waals surface area contributed by atoms with Gasteiger partial charge in [-0.05, 0) is 42.7 Å². The number of ether oxygens (including phenoxy) is 2. The van der Waals surface area contributed by atoms with Gasteiger partial charge in [0, 0.05) is 5.33 Å². The Morgan fingerprint density at radius 3 is 1.88 bits per heavy atom. The Labute approximate surface area is 154 Å². The molecule has 24 heavy (non-hydrogen) atoms. The monoisotopic (exact) mass is 390 g/mol. The first-order valence-electron chi connectivity index (χ1n) is 8.84. The van der Waals surface area contributed by atoms with Crippen molar-refractivity contribution in [2.24, 2.45) is 0 Å². The van der Waals surface area contributed by atoms with Crippen LogP contribution in [0.15, 0.2) is 54.6 Å². The van der Waals surface area contributed by atoms with Gasteiger partial charge in [-0.15, -0.1) is 0 Å². The third kappa shape index (κ3) is 7.87. The molecule has 130 valence electrons. The fourth-order valence-corrected chi connectivity index (χ4v) is 2.86. The van der Waals surface area contributed by atoms with Crippen molar-refractivity contribution in [3.05, 3.63) is 60.2 Å². The second-order valence-electron chi connectivity index (χ2n) is 5.90. The summed E-state index contributed by atoms with van der Waals surface area (Å²) in [6, 6.07) is 18.1. The molecule has 0 aromatic heterocycles. The molecule has 0 aliphatic carbocycles. The molecule has 3 heteroatoms. The van der Waals surface area contributed by atoms with Crippen LogP contribution in [-0.4, -0.2) is 11.9 Å². The fourth-order valence-electron chi connectivity index (χ4n) is 2.47. The zero-order chi connectivity index (χ0) is 16.9. The minimum absolute atomic E-state index is 0.593. The summed E-state index contributed by atoms with van der Waals surface area (Å²) in [5, 5.41) is 1.13. The van der Waals surface area contributed by atoms with Crippen molar-refractivity contribution in [1.29, 1.82) is 0 Å². The highest BCUT2D eigenvalue weighted by molar-refractivity contribution is 9.09. The topological polar surface area (TPSA) is 18.5 Å². The van der Waals surface area contributed by atoms with Crippen LogP contribution < -0.4 is 9.47 Å². The molecule has 2 nitrogen and oxygen atoms in total. The summed E-state index contributed by atoms with van der Waals surface area (Å²) >= 11 is 3.47. The maximum absolute atomic E-state index is 5.79. The Bertz CT molecular complexity index is 540. The Balaban J connectivity index is 1.58. The lowest BCUT2D eigenvalue weighted by Crippen LogP contribution is -1.98. The molecule has 0 saturated carbocycles. The number of alkyl halides is 1. The van der Waals surface area contributed by atoms with E-state index < -0.39 is 0 Å². The van der Waals surface area contributed by atoms with Crippen LogP contribution in [0.25, 0.3) is 0 Å². The van der Waals surface area contributed by atoms with Crippen molar-refractivity contribution < 1.29 is 9.47 Å². The third-order valence-corrected chi connectivity index (χ3v) is 4.43. The molecule has 0 aliphatic rings. The zero-order valence-corrected chi connectivity index (χ0v) is 15.8. The molecule has 0 heterocycles. The summed E-state index contributed by atoms with van der Waals surface area (Å²) in [4.78, 5) is 0. The normalized spacial score (nSPS) is 10.5. The van der Waals surface area contributed by atoms with Crippen LogP contribution in [0.3, 0.4) is 0 Å². The first-order chi connectivity index (χ1) is 11.9. The first kappa shape index (κ1) is 18.9. The number of benzene rings is 2. The van der Waals surface area contributed by atoms with Crippen molar-refractivity contribution in [1.82, 2.24) is 0 Å². The summed E-state index contributed by atoms with van der Waals surface area (Å²) in [6.45, 7) is 1.39. The smallest absolute Gasteiger partial charge is 0.120 e. The van der Waals surface area contributed by atoms with Crippen LogP contribution in [0.4, 0.5) is 0 Å². The van der Waals surface area contributed by atoms with E-state index >= 15 is 0 Å².